The van der Waals surface area contributed by atoms with Gasteiger partial charge >= 0.3 is 0 Å². The maximum atomic E-state index is 12.0. The van der Waals surface area contributed by atoms with Gasteiger partial charge in [0.05, 0.1) is 10.6 Å². The Bertz CT molecular complexity index is 838. The van der Waals surface area contributed by atoms with E-state index in [4.69, 9.17) is 5.14 Å². The highest BCUT2D eigenvalue weighted by atomic mass is 79.9. The first-order chi connectivity index (χ1) is 10.8. The summed E-state index contributed by atoms with van der Waals surface area (Å²) in [4.78, 5) is 13.0. The molecule has 122 valence electrons. The van der Waals surface area contributed by atoms with Crippen LogP contribution >= 0.6 is 27.7 Å². The van der Waals surface area contributed by atoms with E-state index in [2.05, 4.69) is 21.2 Å². The number of benzene rings is 2. The molecule has 0 aliphatic carbocycles. The molecule has 0 saturated carbocycles. The zero-order valence-corrected chi connectivity index (χ0v) is 15.5. The fourth-order valence-electron chi connectivity index (χ4n) is 1.89. The first kappa shape index (κ1) is 18.0. The number of hydrogen-bond donors (Lipinski definition) is 2. The van der Waals surface area contributed by atoms with Gasteiger partial charge in [0.2, 0.25) is 15.9 Å². The quantitative estimate of drug-likeness (QED) is 0.735. The number of carbonyl (C=O) groups excluding carboxylic acids is 1. The monoisotopic (exact) mass is 414 g/mol. The third-order valence-electron chi connectivity index (χ3n) is 2.94. The minimum atomic E-state index is -3.81. The average molecular weight is 415 g/mol. The van der Waals surface area contributed by atoms with Gasteiger partial charge in [-0.15, -0.1) is 11.8 Å². The molecule has 0 saturated heterocycles. The smallest absolute Gasteiger partial charge is 0.238 e. The lowest BCUT2D eigenvalue weighted by Crippen LogP contribution is -2.17. The summed E-state index contributed by atoms with van der Waals surface area (Å²) < 4.78 is 23.9. The van der Waals surface area contributed by atoms with Crippen molar-refractivity contribution in [2.24, 2.45) is 5.14 Å². The molecule has 0 aromatic heterocycles. The van der Waals surface area contributed by atoms with Crippen LogP contribution in [-0.2, 0) is 14.8 Å². The second-order valence-electron chi connectivity index (χ2n) is 4.82. The third kappa shape index (κ3) is 5.35. The van der Waals surface area contributed by atoms with Crippen molar-refractivity contribution in [3.8, 4) is 0 Å². The molecule has 3 N–H and O–H groups in total. The van der Waals surface area contributed by atoms with Gasteiger partial charge in [-0.05, 0) is 42.8 Å². The standard InChI is InChI=1S/C15H15BrN2O3S2/c1-10-5-6-12(8-14(10)23(17,20)21)18-15(19)9-22-13-4-2-3-11(16)7-13/h2-8H,9H2,1H3,(H,18,19)(H2,17,20,21). The number of nitrogens with one attached hydrogen (secondary N) is 1. The summed E-state index contributed by atoms with van der Waals surface area (Å²) in [5, 5.41) is 7.83. The molecule has 0 aliphatic rings. The van der Waals surface area contributed by atoms with Crippen LogP contribution in [0.2, 0.25) is 0 Å². The number of sulfonamides is 1. The van der Waals surface area contributed by atoms with E-state index in [0.29, 0.717) is 11.3 Å². The van der Waals surface area contributed by atoms with Crippen LogP contribution in [0.15, 0.2) is 56.7 Å². The van der Waals surface area contributed by atoms with E-state index in [1.54, 1.807) is 19.1 Å². The van der Waals surface area contributed by atoms with Gasteiger partial charge in [0, 0.05) is 15.1 Å². The van der Waals surface area contributed by atoms with Gasteiger partial charge in [0.25, 0.3) is 0 Å². The molecule has 1 amide bonds. The minimum absolute atomic E-state index is 0.00921. The molecule has 2 rings (SSSR count). The number of aryl methyl sites for hydroxylation is 1. The number of anilines is 1. The molecule has 0 heterocycles. The molecule has 0 radical (unpaired) electrons. The largest absolute Gasteiger partial charge is 0.325 e. The van der Waals surface area contributed by atoms with Crippen LogP contribution in [0.5, 0.6) is 0 Å². The Morgan fingerprint density at radius 2 is 2.00 bits per heavy atom. The molecular formula is C15H15BrN2O3S2. The molecule has 0 unspecified atom stereocenters. The molecule has 2 aromatic rings. The van der Waals surface area contributed by atoms with Crippen LogP contribution in [0, 0.1) is 6.92 Å². The summed E-state index contributed by atoms with van der Waals surface area (Å²) in [5.41, 5.74) is 0.938. The molecule has 23 heavy (non-hydrogen) atoms. The first-order valence-corrected chi connectivity index (χ1v) is 9.90. The maximum absolute atomic E-state index is 12.0. The van der Waals surface area contributed by atoms with Crippen molar-refractivity contribution in [3.63, 3.8) is 0 Å². The summed E-state index contributed by atoms with van der Waals surface area (Å²) >= 11 is 4.76. The van der Waals surface area contributed by atoms with E-state index < -0.39 is 10.0 Å². The molecule has 8 heteroatoms. The number of halogens is 1. The van der Waals surface area contributed by atoms with Gasteiger partial charge in [-0.3, -0.25) is 4.79 Å². The van der Waals surface area contributed by atoms with Crippen molar-refractivity contribution in [2.75, 3.05) is 11.1 Å². The van der Waals surface area contributed by atoms with Crippen molar-refractivity contribution in [1.29, 1.82) is 0 Å². The van der Waals surface area contributed by atoms with Crippen LogP contribution < -0.4 is 10.5 Å². The SMILES string of the molecule is Cc1ccc(NC(=O)CSc2cccc(Br)c2)cc1S(N)(=O)=O. The van der Waals surface area contributed by atoms with Gasteiger partial charge in [-0.25, -0.2) is 13.6 Å². The van der Waals surface area contributed by atoms with Crippen LogP contribution in [0.4, 0.5) is 5.69 Å². The number of carbonyl (C=O) groups is 1. The van der Waals surface area contributed by atoms with Crippen molar-refractivity contribution >= 4 is 49.3 Å². The van der Waals surface area contributed by atoms with Gasteiger partial charge in [0.1, 0.15) is 0 Å². The van der Waals surface area contributed by atoms with E-state index in [9.17, 15) is 13.2 Å². The fraction of sp³-hybridized carbons (Fsp3) is 0.133. The number of thioether (sulfide) groups is 1. The normalized spacial score (nSPS) is 11.3. The highest BCUT2D eigenvalue weighted by molar-refractivity contribution is 9.10. The van der Waals surface area contributed by atoms with Gasteiger partial charge in [0.15, 0.2) is 0 Å². The molecule has 0 aliphatic heterocycles. The zero-order valence-electron chi connectivity index (χ0n) is 12.2. The molecule has 2 aromatic carbocycles. The minimum Gasteiger partial charge on any atom is -0.325 e. The number of amides is 1. The van der Waals surface area contributed by atoms with Crippen molar-refractivity contribution in [3.05, 3.63) is 52.5 Å². The number of rotatable bonds is 5. The molecule has 0 atom stereocenters. The van der Waals surface area contributed by atoms with Gasteiger partial charge in [-0.1, -0.05) is 28.1 Å². The van der Waals surface area contributed by atoms with Crippen LogP contribution in [-0.4, -0.2) is 20.1 Å². The number of primary sulfonamides is 1. The van der Waals surface area contributed by atoms with Crippen molar-refractivity contribution < 1.29 is 13.2 Å². The lowest BCUT2D eigenvalue weighted by atomic mass is 10.2. The Balaban J connectivity index is 2.03. The third-order valence-corrected chi connectivity index (χ3v) is 5.48. The molecule has 5 nitrogen and oxygen atoms in total. The predicted molar refractivity (Wildman–Crippen MR) is 96.0 cm³/mol. The topological polar surface area (TPSA) is 89.3 Å². The van der Waals surface area contributed by atoms with E-state index >= 15 is 0 Å². The molecule has 0 bridgehead atoms. The Kier molecular flexibility index (Phi) is 5.85. The Hall–Kier alpha value is -1.35. The zero-order chi connectivity index (χ0) is 17.0. The molecule has 0 fully saturated rings. The summed E-state index contributed by atoms with van der Waals surface area (Å²) in [6, 6.07) is 12.2. The summed E-state index contributed by atoms with van der Waals surface area (Å²) in [7, 11) is -3.81. The highest BCUT2D eigenvalue weighted by Gasteiger charge is 2.13. The van der Waals surface area contributed by atoms with Gasteiger partial charge in [-0.2, -0.15) is 0 Å². The van der Waals surface area contributed by atoms with E-state index in [1.807, 2.05) is 24.3 Å². The second-order valence-corrected chi connectivity index (χ2v) is 8.31. The summed E-state index contributed by atoms with van der Waals surface area (Å²) in [6.07, 6.45) is 0. The van der Waals surface area contributed by atoms with Crippen LogP contribution in [0.1, 0.15) is 5.56 Å². The lowest BCUT2D eigenvalue weighted by Gasteiger charge is -2.09. The average Bonchev–Trinajstić information content (AvgIpc) is 2.46. The second kappa shape index (κ2) is 7.48. The van der Waals surface area contributed by atoms with Crippen molar-refractivity contribution in [1.82, 2.24) is 0 Å². The van der Waals surface area contributed by atoms with Gasteiger partial charge < -0.3 is 5.32 Å². The molecule has 0 spiro atoms. The Labute approximate surface area is 147 Å². The van der Waals surface area contributed by atoms with Crippen molar-refractivity contribution in [2.45, 2.75) is 16.7 Å². The van der Waals surface area contributed by atoms with E-state index in [0.717, 1.165) is 9.37 Å². The maximum Gasteiger partial charge on any atom is 0.238 e. The fourth-order valence-corrected chi connectivity index (χ4v) is 4.00. The van der Waals surface area contributed by atoms with E-state index in [1.165, 1.54) is 17.8 Å². The summed E-state index contributed by atoms with van der Waals surface area (Å²) in [6.45, 7) is 1.65. The predicted octanol–water partition coefficient (Wildman–Crippen LogP) is 3.14. The van der Waals surface area contributed by atoms with Crippen LogP contribution in [0.25, 0.3) is 0 Å². The lowest BCUT2D eigenvalue weighted by molar-refractivity contribution is -0.113. The van der Waals surface area contributed by atoms with E-state index in [-0.39, 0.29) is 16.6 Å². The first-order valence-electron chi connectivity index (χ1n) is 6.57. The number of nitrogens with two attached hydrogens (primary N) is 1. The highest BCUT2D eigenvalue weighted by Crippen LogP contribution is 2.23. The Morgan fingerprint density at radius 3 is 2.65 bits per heavy atom. The molecular weight excluding hydrogens is 400 g/mol. The summed E-state index contributed by atoms with van der Waals surface area (Å²) in [5.74, 6) is -0.00567. The van der Waals surface area contributed by atoms with Crippen LogP contribution in [0.3, 0.4) is 0 Å². The number of hydrogen-bond acceptors (Lipinski definition) is 4. The Morgan fingerprint density at radius 1 is 1.26 bits per heavy atom.